The number of hydrogen-bond acceptors (Lipinski definition) is 3. The van der Waals surface area contributed by atoms with Crippen LogP contribution in [0.2, 0.25) is 0 Å². The Morgan fingerprint density at radius 3 is 2.48 bits per heavy atom. The van der Waals surface area contributed by atoms with Crippen molar-refractivity contribution in [1.29, 1.82) is 0 Å². The molecule has 0 fully saturated rings. The van der Waals surface area contributed by atoms with E-state index in [1.54, 1.807) is 12.1 Å². The maximum Gasteiger partial charge on any atom is 0.319 e. The monoisotopic (exact) mass is 339 g/mol. The number of benzene rings is 1. The second-order valence-corrected chi connectivity index (χ2v) is 7.23. The molecule has 0 saturated carbocycles. The fraction of sp³-hybridized carbons (Fsp3) is 0.438. The summed E-state index contributed by atoms with van der Waals surface area (Å²) in [6.45, 7) is 6.49. The molecule has 23 heavy (non-hydrogen) atoms. The van der Waals surface area contributed by atoms with E-state index in [0.29, 0.717) is 12.2 Å². The predicted octanol–water partition coefficient (Wildman–Crippen LogP) is 2.80. The zero-order valence-electron chi connectivity index (χ0n) is 13.7. The lowest BCUT2D eigenvalue weighted by Crippen LogP contribution is -2.29. The van der Waals surface area contributed by atoms with Crippen molar-refractivity contribution in [3.63, 3.8) is 0 Å². The minimum Gasteiger partial charge on any atom is -0.338 e. The summed E-state index contributed by atoms with van der Waals surface area (Å²) in [5.41, 5.74) is 0.545. The summed E-state index contributed by atoms with van der Waals surface area (Å²) in [5, 5.41) is 5.44. The normalized spacial score (nSPS) is 11.3. The maximum absolute atomic E-state index is 12.2. The van der Waals surface area contributed by atoms with Gasteiger partial charge in [-0.05, 0) is 30.7 Å². The van der Waals surface area contributed by atoms with Crippen LogP contribution in [0, 0.1) is 0 Å². The molecule has 0 aromatic heterocycles. The van der Waals surface area contributed by atoms with Gasteiger partial charge in [-0.2, -0.15) is 4.31 Å². The number of sulfonamides is 1. The molecular formula is C16H25N3O3S. The van der Waals surface area contributed by atoms with Gasteiger partial charge in [0.1, 0.15) is 0 Å². The van der Waals surface area contributed by atoms with Crippen molar-refractivity contribution in [2.45, 2.75) is 31.1 Å². The molecule has 0 aliphatic carbocycles. The van der Waals surface area contributed by atoms with E-state index in [0.717, 1.165) is 19.3 Å². The summed E-state index contributed by atoms with van der Waals surface area (Å²) in [6, 6.07) is 5.80. The van der Waals surface area contributed by atoms with Gasteiger partial charge in [-0.25, -0.2) is 13.2 Å². The molecule has 0 spiro atoms. The Hall–Kier alpha value is -1.86. The minimum absolute atomic E-state index is 0.177. The number of likely N-dealkylation sites (N-methyl/N-ethyl adjacent to an activating group) is 1. The van der Waals surface area contributed by atoms with Gasteiger partial charge in [-0.3, -0.25) is 0 Å². The number of rotatable bonds is 9. The van der Waals surface area contributed by atoms with Gasteiger partial charge in [-0.15, -0.1) is 6.58 Å². The summed E-state index contributed by atoms with van der Waals surface area (Å²) in [5.74, 6) is 0. The molecule has 0 saturated heterocycles. The van der Waals surface area contributed by atoms with Crippen LogP contribution in [-0.2, 0) is 10.0 Å². The molecule has 2 N–H and O–H groups in total. The van der Waals surface area contributed by atoms with Crippen molar-refractivity contribution in [2.24, 2.45) is 0 Å². The summed E-state index contributed by atoms with van der Waals surface area (Å²) in [7, 11) is -2.04. The Kier molecular flexibility index (Phi) is 7.77. The Bertz CT molecular complexity index is 612. The molecule has 0 bridgehead atoms. The summed E-state index contributed by atoms with van der Waals surface area (Å²) < 4.78 is 25.7. The molecule has 0 radical (unpaired) electrons. The second kappa shape index (κ2) is 9.32. The van der Waals surface area contributed by atoms with Gasteiger partial charge < -0.3 is 10.6 Å². The Labute approximate surface area is 138 Å². The van der Waals surface area contributed by atoms with Crippen molar-refractivity contribution in [1.82, 2.24) is 9.62 Å². The molecule has 1 aromatic rings. The van der Waals surface area contributed by atoms with Crippen LogP contribution in [0.1, 0.15) is 26.2 Å². The van der Waals surface area contributed by atoms with Crippen LogP contribution in [-0.4, -0.2) is 38.9 Å². The third-order valence-electron chi connectivity index (χ3n) is 3.27. The molecule has 0 aliphatic rings. The fourth-order valence-corrected chi connectivity index (χ4v) is 3.06. The van der Waals surface area contributed by atoms with Gasteiger partial charge in [-0.1, -0.05) is 25.8 Å². The van der Waals surface area contributed by atoms with E-state index in [-0.39, 0.29) is 17.5 Å². The first-order valence-electron chi connectivity index (χ1n) is 7.64. The Balaban J connectivity index is 2.63. The van der Waals surface area contributed by atoms with Crippen LogP contribution in [0.15, 0.2) is 41.8 Å². The average Bonchev–Trinajstić information content (AvgIpc) is 2.52. The summed E-state index contributed by atoms with van der Waals surface area (Å²) in [6.07, 6.45) is 4.64. The highest BCUT2D eigenvalue weighted by molar-refractivity contribution is 7.89. The number of unbranched alkanes of at least 4 members (excludes halogenated alkanes) is 2. The second-order valence-electron chi connectivity index (χ2n) is 5.19. The molecule has 7 heteroatoms. The third-order valence-corrected chi connectivity index (χ3v) is 5.11. The van der Waals surface area contributed by atoms with Crippen LogP contribution < -0.4 is 10.6 Å². The highest BCUT2D eigenvalue weighted by Gasteiger charge is 2.19. The first-order valence-corrected chi connectivity index (χ1v) is 9.08. The largest absolute Gasteiger partial charge is 0.338 e. The molecule has 1 rings (SSSR count). The first-order chi connectivity index (χ1) is 10.9. The minimum atomic E-state index is -3.53. The van der Waals surface area contributed by atoms with E-state index in [9.17, 15) is 13.2 Å². The van der Waals surface area contributed by atoms with Gasteiger partial charge in [0.2, 0.25) is 10.0 Å². The maximum atomic E-state index is 12.2. The quantitative estimate of drug-likeness (QED) is 0.536. The molecule has 0 atom stereocenters. The predicted molar refractivity (Wildman–Crippen MR) is 93.0 cm³/mol. The standard InChI is InChI=1S/C16H25N3O3S/c1-4-6-7-12-17-16(20)18-14-8-10-15(11-9-14)23(21,22)19(3)13-5-2/h5,8-11H,2,4,6-7,12-13H2,1,3H3,(H2,17,18,20). The highest BCUT2D eigenvalue weighted by atomic mass is 32.2. The van der Waals surface area contributed by atoms with E-state index >= 15 is 0 Å². The molecule has 128 valence electrons. The lowest BCUT2D eigenvalue weighted by atomic mass is 10.2. The van der Waals surface area contributed by atoms with E-state index in [4.69, 9.17) is 0 Å². The lowest BCUT2D eigenvalue weighted by molar-refractivity contribution is 0.252. The van der Waals surface area contributed by atoms with Crippen LogP contribution in [0.4, 0.5) is 10.5 Å². The summed E-state index contributed by atoms with van der Waals surface area (Å²) >= 11 is 0. The van der Waals surface area contributed by atoms with Gasteiger partial charge in [0.05, 0.1) is 4.90 Å². The van der Waals surface area contributed by atoms with E-state index in [1.807, 2.05) is 0 Å². The van der Waals surface area contributed by atoms with Crippen molar-refractivity contribution < 1.29 is 13.2 Å². The number of carbonyl (C=O) groups excluding carboxylic acids is 1. The van der Waals surface area contributed by atoms with Crippen LogP contribution in [0.5, 0.6) is 0 Å². The number of urea groups is 1. The number of nitrogens with zero attached hydrogens (tertiary/aromatic N) is 1. The topological polar surface area (TPSA) is 78.5 Å². The number of hydrogen-bond donors (Lipinski definition) is 2. The van der Waals surface area contributed by atoms with E-state index in [1.165, 1.54) is 29.6 Å². The molecule has 6 nitrogen and oxygen atoms in total. The lowest BCUT2D eigenvalue weighted by Gasteiger charge is -2.15. The number of carbonyl (C=O) groups is 1. The molecule has 0 unspecified atom stereocenters. The highest BCUT2D eigenvalue weighted by Crippen LogP contribution is 2.17. The Morgan fingerprint density at radius 2 is 1.91 bits per heavy atom. The first kappa shape index (κ1) is 19.2. The van der Waals surface area contributed by atoms with Crippen molar-refractivity contribution in [3.05, 3.63) is 36.9 Å². The van der Waals surface area contributed by atoms with Crippen molar-refractivity contribution >= 4 is 21.7 Å². The molecule has 1 aromatic carbocycles. The van der Waals surface area contributed by atoms with Gasteiger partial charge in [0.15, 0.2) is 0 Å². The number of nitrogens with one attached hydrogen (secondary N) is 2. The average molecular weight is 339 g/mol. The van der Waals surface area contributed by atoms with Crippen molar-refractivity contribution in [3.8, 4) is 0 Å². The molecule has 2 amide bonds. The summed E-state index contributed by atoms with van der Waals surface area (Å²) in [4.78, 5) is 11.9. The SMILES string of the molecule is C=CCN(C)S(=O)(=O)c1ccc(NC(=O)NCCCCC)cc1. The van der Waals surface area contributed by atoms with E-state index < -0.39 is 10.0 Å². The van der Waals surface area contributed by atoms with Crippen LogP contribution in [0.25, 0.3) is 0 Å². The molecule has 0 heterocycles. The zero-order valence-corrected chi connectivity index (χ0v) is 14.5. The molecule has 0 aliphatic heterocycles. The third kappa shape index (κ3) is 6.03. The van der Waals surface area contributed by atoms with Gasteiger partial charge in [0.25, 0.3) is 0 Å². The smallest absolute Gasteiger partial charge is 0.319 e. The Morgan fingerprint density at radius 1 is 1.26 bits per heavy atom. The molecular weight excluding hydrogens is 314 g/mol. The van der Waals surface area contributed by atoms with E-state index in [2.05, 4.69) is 24.1 Å². The number of anilines is 1. The van der Waals surface area contributed by atoms with Crippen molar-refractivity contribution in [2.75, 3.05) is 25.5 Å². The fourth-order valence-electron chi connectivity index (χ4n) is 1.92. The van der Waals surface area contributed by atoms with Crippen LogP contribution in [0.3, 0.4) is 0 Å². The number of amides is 2. The van der Waals surface area contributed by atoms with Gasteiger partial charge >= 0.3 is 6.03 Å². The van der Waals surface area contributed by atoms with Gasteiger partial charge in [0, 0.05) is 25.8 Å². The zero-order chi connectivity index (χ0) is 17.3. The van der Waals surface area contributed by atoms with Crippen LogP contribution >= 0.6 is 0 Å².